The molecule has 7 nitrogen and oxygen atoms in total. The number of fused-ring (bicyclic) bond motifs is 1. The maximum atomic E-state index is 6.10. The summed E-state index contributed by atoms with van der Waals surface area (Å²) in [7, 11) is 0. The van der Waals surface area contributed by atoms with Crippen LogP contribution in [0.5, 0.6) is 0 Å². The van der Waals surface area contributed by atoms with E-state index in [0.717, 1.165) is 33.7 Å². The molecule has 4 heterocycles. The number of nitrogens with two attached hydrogens (primary N) is 1. The van der Waals surface area contributed by atoms with Crippen LogP contribution in [0.3, 0.4) is 0 Å². The van der Waals surface area contributed by atoms with Gasteiger partial charge < -0.3 is 15.6 Å². The second kappa shape index (κ2) is 6.58. The third-order valence-electron chi connectivity index (χ3n) is 3.68. The first-order chi connectivity index (χ1) is 12.2. The maximum absolute atomic E-state index is 6.10. The van der Waals surface area contributed by atoms with E-state index in [2.05, 4.69) is 25.4 Å². The predicted molar refractivity (Wildman–Crippen MR) is 96.8 cm³/mol. The van der Waals surface area contributed by atoms with E-state index in [1.807, 2.05) is 31.3 Å². The van der Waals surface area contributed by atoms with Gasteiger partial charge in [0.15, 0.2) is 11.5 Å². The van der Waals surface area contributed by atoms with Crippen LogP contribution >= 0.6 is 11.3 Å². The highest BCUT2D eigenvalue weighted by Crippen LogP contribution is 2.29. The minimum atomic E-state index is 0.454. The molecule has 126 valence electrons. The molecule has 4 aromatic rings. The molecule has 4 rings (SSSR count). The van der Waals surface area contributed by atoms with Crippen molar-refractivity contribution < 1.29 is 4.52 Å². The molecule has 0 spiro atoms. The summed E-state index contributed by atoms with van der Waals surface area (Å²) in [6.07, 6.45) is 3.62. The first-order valence-corrected chi connectivity index (χ1v) is 8.60. The summed E-state index contributed by atoms with van der Waals surface area (Å²) in [4.78, 5) is 15.0. The van der Waals surface area contributed by atoms with Crippen molar-refractivity contribution in [3.05, 3.63) is 52.9 Å². The van der Waals surface area contributed by atoms with Crippen LogP contribution < -0.4 is 11.1 Å². The molecule has 0 bridgehead atoms. The van der Waals surface area contributed by atoms with Gasteiger partial charge in [-0.05, 0) is 24.6 Å². The maximum Gasteiger partial charge on any atom is 0.185 e. The van der Waals surface area contributed by atoms with Crippen LogP contribution in [0.2, 0.25) is 0 Å². The molecule has 25 heavy (non-hydrogen) atoms. The lowest BCUT2D eigenvalue weighted by molar-refractivity contribution is 0.399. The molecule has 4 aromatic heterocycles. The van der Waals surface area contributed by atoms with E-state index in [-0.39, 0.29) is 0 Å². The molecular formula is C17H16N6OS. The van der Waals surface area contributed by atoms with E-state index in [9.17, 15) is 0 Å². The Balaban J connectivity index is 1.54. The number of nitrogen functional groups attached to an aromatic ring is 1. The van der Waals surface area contributed by atoms with E-state index in [1.54, 1.807) is 23.6 Å². The lowest BCUT2D eigenvalue weighted by atomic mass is 10.3. The van der Waals surface area contributed by atoms with Gasteiger partial charge in [0.2, 0.25) is 0 Å². The van der Waals surface area contributed by atoms with Crippen LogP contribution in [0.4, 0.5) is 5.82 Å². The van der Waals surface area contributed by atoms with Crippen molar-refractivity contribution in [3.63, 3.8) is 0 Å². The number of rotatable bonds is 5. The second-order valence-electron chi connectivity index (χ2n) is 5.65. The Kier molecular flexibility index (Phi) is 4.12. The van der Waals surface area contributed by atoms with Gasteiger partial charge in [-0.15, -0.1) is 11.3 Å². The second-order valence-corrected chi connectivity index (χ2v) is 6.77. The molecule has 0 saturated heterocycles. The molecule has 0 aromatic carbocycles. The minimum absolute atomic E-state index is 0.454. The lowest BCUT2D eigenvalue weighted by Gasteiger charge is -2.01. The highest BCUT2D eigenvalue weighted by molar-refractivity contribution is 7.18. The number of hydrogen-bond acceptors (Lipinski definition) is 8. The van der Waals surface area contributed by atoms with Gasteiger partial charge in [0.25, 0.3) is 0 Å². The van der Waals surface area contributed by atoms with E-state index >= 15 is 0 Å². The van der Waals surface area contributed by atoms with Crippen LogP contribution in [0.15, 0.2) is 41.2 Å². The third kappa shape index (κ3) is 3.35. The number of aryl methyl sites for hydroxylation is 1. The fourth-order valence-electron chi connectivity index (χ4n) is 2.50. The topological polar surface area (TPSA) is 103 Å². The van der Waals surface area contributed by atoms with Crippen LogP contribution in [-0.4, -0.2) is 20.1 Å². The smallest absolute Gasteiger partial charge is 0.185 e. The average molecular weight is 352 g/mol. The van der Waals surface area contributed by atoms with Crippen molar-refractivity contribution >= 4 is 27.4 Å². The number of thiophene rings is 1. The van der Waals surface area contributed by atoms with Gasteiger partial charge in [-0.25, -0.2) is 9.97 Å². The van der Waals surface area contributed by atoms with Crippen molar-refractivity contribution in [3.8, 4) is 11.5 Å². The summed E-state index contributed by atoms with van der Waals surface area (Å²) < 4.78 is 5.09. The van der Waals surface area contributed by atoms with E-state index in [0.29, 0.717) is 23.1 Å². The van der Waals surface area contributed by atoms with Crippen molar-refractivity contribution in [2.24, 2.45) is 0 Å². The lowest BCUT2D eigenvalue weighted by Crippen LogP contribution is -2.11. The van der Waals surface area contributed by atoms with Gasteiger partial charge in [0, 0.05) is 36.4 Å². The normalized spacial score (nSPS) is 11.2. The first kappa shape index (κ1) is 15.7. The van der Waals surface area contributed by atoms with Gasteiger partial charge >= 0.3 is 0 Å². The van der Waals surface area contributed by atoms with Gasteiger partial charge in [0.1, 0.15) is 16.4 Å². The summed E-state index contributed by atoms with van der Waals surface area (Å²) in [5.74, 6) is 1.65. The Morgan fingerprint density at radius 2 is 2.16 bits per heavy atom. The largest absolute Gasteiger partial charge is 0.383 e. The molecule has 3 N–H and O–H groups in total. The molecule has 0 saturated carbocycles. The third-order valence-corrected chi connectivity index (χ3v) is 4.71. The van der Waals surface area contributed by atoms with Crippen LogP contribution in [-0.2, 0) is 13.1 Å². The van der Waals surface area contributed by atoms with Crippen molar-refractivity contribution in [2.75, 3.05) is 5.73 Å². The monoisotopic (exact) mass is 352 g/mol. The molecule has 0 aliphatic rings. The molecule has 0 fully saturated rings. The highest BCUT2D eigenvalue weighted by atomic mass is 32.1. The summed E-state index contributed by atoms with van der Waals surface area (Å²) in [5.41, 5.74) is 7.84. The highest BCUT2D eigenvalue weighted by Gasteiger charge is 2.13. The molecule has 0 unspecified atom stereocenters. The average Bonchev–Trinajstić information content (AvgIpc) is 3.22. The number of pyridine rings is 1. The Labute approximate surface area is 147 Å². The van der Waals surface area contributed by atoms with Crippen LogP contribution in [0.1, 0.15) is 16.2 Å². The minimum Gasteiger partial charge on any atom is -0.383 e. The Bertz CT molecular complexity index is 1010. The van der Waals surface area contributed by atoms with Gasteiger partial charge in [0.05, 0.1) is 5.39 Å². The molecule has 0 amide bonds. The molecular weight excluding hydrogens is 336 g/mol. The first-order valence-electron chi connectivity index (χ1n) is 7.78. The van der Waals surface area contributed by atoms with Crippen LogP contribution in [0.25, 0.3) is 21.7 Å². The van der Waals surface area contributed by atoms with Crippen molar-refractivity contribution in [1.29, 1.82) is 0 Å². The fraction of sp³-hybridized carbons (Fsp3) is 0.176. The van der Waals surface area contributed by atoms with Gasteiger partial charge in [-0.2, -0.15) is 0 Å². The van der Waals surface area contributed by atoms with Crippen LogP contribution in [0, 0.1) is 6.92 Å². The summed E-state index contributed by atoms with van der Waals surface area (Å²) in [6.45, 7) is 3.32. The van der Waals surface area contributed by atoms with E-state index in [1.165, 1.54) is 0 Å². The summed E-state index contributed by atoms with van der Waals surface area (Å²) in [6, 6.07) is 7.80. The number of nitrogens with zero attached hydrogens (tertiary/aromatic N) is 4. The standard InChI is InChI=1S/C17H16N6OS/c1-10-5-14(23-24-10)16-21-15(18)13-6-12(25-17(13)22-16)9-20-8-11-3-2-4-19-7-11/h2-7,20H,8-9H2,1H3,(H2,18,21,22). The van der Waals surface area contributed by atoms with E-state index < -0.39 is 0 Å². The zero-order valence-corrected chi connectivity index (χ0v) is 14.4. The van der Waals surface area contributed by atoms with Crippen molar-refractivity contribution in [1.82, 2.24) is 25.4 Å². The molecule has 0 aliphatic carbocycles. The SMILES string of the molecule is Cc1cc(-c2nc(N)c3cc(CNCc4cccnc4)sc3n2)no1. The molecule has 0 aliphatic heterocycles. The number of hydrogen-bond donors (Lipinski definition) is 2. The molecule has 0 radical (unpaired) electrons. The molecule has 0 atom stereocenters. The predicted octanol–water partition coefficient (Wildman–Crippen LogP) is 2.92. The molecule has 8 heteroatoms. The van der Waals surface area contributed by atoms with Crippen molar-refractivity contribution in [2.45, 2.75) is 20.0 Å². The Hall–Kier alpha value is -2.84. The number of aromatic nitrogens is 4. The number of nitrogens with one attached hydrogen (secondary N) is 1. The fourth-order valence-corrected chi connectivity index (χ4v) is 3.50. The van der Waals surface area contributed by atoms with Gasteiger partial charge in [-0.1, -0.05) is 11.2 Å². The summed E-state index contributed by atoms with van der Waals surface area (Å²) >= 11 is 1.59. The zero-order chi connectivity index (χ0) is 17.2. The quantitative estimate of drug-likeness (QED) is 0.569. The van der Waals surface area contributed by atoms with E-state index in [4.69, 9.17) is 10.3 Å². The zero-order valence-electron chi connectivity index (χ0n) is 13.6. The Morgan fingerprint density at radius 3 is 2.92 bits per heavy atom. The Morgan fingerprint density at radius 1 is 1.24 bits per heavy atom. The van der Waals surface area contributed by atoms with Gasteiger partial charge in [-0.3, -0.25) is 4.98 Å². The summed E-state index contributed by atoms with van der Waals surface area (Å²) in [5, 5.41) is 8.22. The number of anilines is 1.